The van der Waals surface area contributed by atoms with Gasteiger partial charge in [0, 0.05) is 19.3 Å². The minimum Gasteiger partial charge on any atom is -0.466 e. The van der Waals surface area contributed by atoms with Gasteiger partial charge in [-0.1, -0.05) is 195 Å². The van der Waals surface area contributed by atoms with Gasteiger partial charge in [-0.15, -0.1) is 0 Å². The molecule has 0 unspecified atom stereocenters. The quantitative estimate of drug-likeness (QED) is 0.0371. The smallest absolute Gasteiger partial charge is 0.306 e. The van der Waals surface area contributed by atoms with E-state index in [1.807, 2.05) is 7.05 Å². The van der Waals surface area contributed by atoms with Crippen LogP contribution in [0, 0.1) is 11.8 Å². The Morgan fingerprint density at radius 3 is 1.05 bits per heavy atom. The van der Waals surface area contributed by atoms with Gasteiger partial charge >= 0.3 is 17.9 Å². The van der Waals surface area contributed by atoms with Crippen molar-refractivity contribution in [3.63, 3.8) is 0 Å². The van der Waals surface area contributed by atoms with Crippen molar-refractivity contribution in [1.29, 1.82) is 0 Å². The molecule has 350 valence electrons. The van der Waals surface area contributed by atoms with Crippen LogP contribution in [0.25, 0.3) is 0 Å². The van der Waals surface area contributed by atoms with E-state index in [0.29, 0.717) is 44.3 Å². The van der Waals surface area contributed by atoms with Gasteiger partial charge in [-0.2, -0.15) is 0 Å². The molecule has 0 heterocycles. The second-order valence-corrected chi connectivity index (χ2v) is 18.1. The van der Waals surface area contributed by atoms with E-state index in [-0.39, 0.29) is 24.0 Å². The minimum absolute atomic E-state index is 0.0175. The van der Waals surface area contributed by atoms with Crippen LogP contribution in [0.5, 0.6) is 0 Å². The first-order valence-corrected chi connectivity index (χ1v) is 26.0. The summed E-state index contributed by atoms with van der Waals surface area (Å²) in [7, 11) is 1.92. The topological polar surface area (TPSA) is 90.9 Å². The maximum atomic E-state index is 12.5. The molecule has 0 bridgehead atoms. The van der Waals surface area contributed by atoms with Gasteiger partial charge in [0.05, 0.1) is 13.2 Å². The zero-order valence-electron chi connectivity index (χ0n) is 40.2. The van der Waals surface area contributed by atoms with Crippen LogP contribution in [0.4, 0.5) is 0 Å². The van der Waals surface area contributed by atoms with E-state index >= 15 is 0 Å². The van der Waals surface area contributed by atoms with Crippen LogP contribution >= 0.6 is 0 Å². The summed E-state index contributed by atoms with van der Waals surface area (Å²) in [6.45, 7) is 11.1. The number of carbonyl (C=O) groups is 3. The normalized spacial score (nSPS) is 11.6. The first kappa shape index (κ1) is 57.4. The van der Waals surface area contributed by atoms with Crippen molar-refractivity contribution in [2.45, 2.75) is 278 Å². The Morgan fingerprint density at radius 1 is 0.373 bits per heavy atom. The van der Waals surface area contributed by atoms with Gasteiger partial charge in [0.15, 0.2) is 0 Å². The number of hydrogen-bond donors (Lipinski definition) is 1. The molecular weight excluding hydrogens is 735 g/mol. The van der Waals surface area contributed by atoms with Crippen LogP contribution in [-0.4, -0.2) is 50.8 Å². The molecule has 0 aromatic rings. The van der Waals surface area contributed by atoms with Crippen molar-refractivity contribution in [3.05, 3.63) is 0 Å². The molecule has 0 aliphatic heterocycles. The number of unbranched alkanes of at least 4 members (excludes halogenated alkanes) is 20. The largest absolute Gasteiger partial charge is 0.466 e. The highest BCUT2D eigenvalue weighted by molar-refractivity contribution is 5.70. The fourth-order valence-corrected chi connectivity index (χ4v) is 8.39. The maximum Gasteiger partial charge on any atom is 0.306 e. The highest BCUT2D eigenvalue weighted by Crippen LogP contribution is 2.23. The SMILES string of the molecule is CCCCCC(CCCCC)CCOC(=O)CCCCCCCCCC(CCCCCCCCCC(=O)OCCC(CCCCC)CCCCC)OC(=O)CCCNC. The van der Waals surface area contributed by atoms with E-state index in [9.17, 15) is 14.4 Å². The molecule has 1 N–H and O–H groups in total. The van der Waals surface area contributed by atoms with Gasteiger partial charge < -0.3 is 19.5 Å². The Kier molecular flexibility index (Phi) is 44.6. The molecule has 59 heavy (non-hydrogen) atoms. The molecule has 0 aliphatic rings. The lowest BCUT2D eigenvalue weighted by molar-refractivity contribution is -0.150. The third kappa shape index (κ3) is 41.5. The Balaban J connectivity index is 4.16. The van der Waals surface area contributed by atoms with E-state index < -0.39 is 0 Å². The summed E-state index contributed by atoms with van der Waals surface area (Å²) in [5, 5.41) is 3.12. The van der Waals surface area contributed by atoms with Crippen LogP contribution in [0.3, 0.4) is 0 Å². The van der Waals surface area contributed by atoms with E-state index in [1.54, 1.807) is 0 Å². The summed E-state index contributed by atoms with van der Waals surface area (Å²) in [5.74, 6) is 1.32. The summed E-state index contributed by atoms with van der Waals surface area (Å²) >= 11 is 0. The van der Waals surface area contributed by atoms with Crippen molar-refractivity contribution in [1.82, 2.24) is 5.32 Å². The van der Waals surface area contributed by atoms with Crippen LogP contribution < -0.4 is 5.32 Å². The number of nitrogens with one attached hydrogen (secondary N) is 1. The molecule has 7 nitrogen and oxygen atoms in total. The lowest BCUT2D eigenvalue weighted by Crippen LogP contribution is -2.19. The van der Waals surface area contributed by atoms with Gasteiger partial charge in [-0.05, 0) is 83.2 Å². The lowest BCUT2D eigenvalue weighted by Gasteiger charge is -2.18. The Labute approximate surface area is 367 Å². The van der Waals surface area contributed by atoms with Crippen molar-refractivity contribution in [2.75, 3.05) is 26.8 Å². The monoisotopic (exact) mass is 836 g/mol. The molecule has 0 aromatic heterocycles. The minimum atomic E-state index is -0.0557. The fourth-order valence-electron chi connectivity index (χ4n) is 8.39. The van der Waals surface area contributed by atoms with Crippen LogP contribution in [-0.2, 0) is 28.6 Å². The first-order valence-electron chi connectivity index (χ1n) is 26.0. The molecule has 0 saturated heterocycles. The molecule has 0 aromatic carbocycles. The lowest BCUT2D eigenvalue weighted by atomic mass is 9.92. The van der Waals surface area contributed by atoms with Crippen molar-refractivity contribution < 1.29 is 28.6 Å². The predicted molar refractivity (Wildman–Crippen MR) is 251 cm³/mol. The number of rotatable bonds is 47. The molecule has 0 aliphatic carbocycles. The summed E-state index contributed by atoms with van der Waals surface area (Å²) in [4.78, 5) is 37.2. The number of ether oxygens (including phenoxy) is 3. The van der Waals surface area contributed by atoms with Crippen LogP contribution in [0.15, 0.2) is 0 Å². The van der Waals surface area contributed by atoms with Gasteiger partial charge in [0.2, 0.25) is 0 Å². The Bertz CT molecular complexity index is 832. The van der Waals surface area contributed by atoms with E-state index in [0.717, 1.165) is 90.0 Å². The molecule has 0 rings (SSSR count). The van der Waals surface area contributed by atoms with Crippen LogP contribution in [0.2, 0.25) is 0 Å². The van der Waals surface area contributed by atoms with Gasteiger partial charge in [0.1, 0.15) is 6.10 Å². The molecule has 0 saturated carbocycles. The molecular formula is C52H101NO6. The molecule has 0 amide bonds. The third-order valence-corrected chi connectivity index (χ3v) is 12.4. The molecule has 0 radical (unpaired) electrons. The molecule has 0 fully saturated rings. The zero-order chi connectivity index (χ0) is 43.3. The van der Waals surface area contributed by atoms with E-state index in [2.05, 4.69) is 33.0 Å². The van der Waals surface area contributed by atoms with Crippen molar-refractivity contribution >= 4 is 17.9 Å². The summed E-state index contributed by atoms with van der Waals surface area (Å²) in [6.07, 6.45) is 42.6. The molecule has 7 heteroatoms. The summed E-state index contributed by atoms with van der Waals surface area (Å²) < 4.78 is 17.2. The highest BCUT2D eigenvalue weighted by atomic mass is 16.5. The number of carbonyl (C=O) groups excluding carboxylic acids is 3. The molecule has 0 spiro atoms. The summed E-state index contributed by atoms with van der Waals surface area (Å²) in [6, 6.07) is 0. The number of hydrogen-bond acceptors (Lipinski definition) is 7. The van der Waals surface area contributed by atoms with E-state index in [1.165, 1.54) is 141 Å². The zero-order valence-corrected chi connectivity index (χ0v) is 40.2. The second kappa shape index (κ2) is 45.9. The highest BCUT2D eigenvalue weighted by Gasteiger charge is 2.15. The summed E-state index contributed by atoms with van der Waals surface area (Å²) in [5.41, 5.74) is 0. The third-order valence-electron chi connectivity index (χ3n) is 12.4. The average Bonchev–Trinajstić information content (AvgIpc) is 3.22. The first-order chi connectivity index (χ1) is 28.9. The maximum absolute atomic E-state index is 12.5. The van der Waals surface area contributed by atoms with Gasteiger partial charge in [0.25, 0.3) is 0 Å². The predicted octanol–water partition coefficient (Wildman–Crippen LogP) is 15.3. The standard InChI is InChI=1S/C52H101NO6/c1-6-10-24-33-47(34-25-11-7-2)42-45-57-50(54)39-30-22-18-14-16-20-28-37-49(59-52(56)41-32-44-53-5)38-29-21-17-15-19-23-31-40-51(55)58-46-43-48(35-26-12-8-3)36-27-13-9-4/h47-49,53H,6-46H2,1-5H3. The van der Waals surface area contributed by atoms with Gasteiger partial charge in [-0.3, -0.25) is 14.4 Å². The van der Waals surface area contributed by atoms with Gasteiger partial charge in [-0.25, -0.2) is 0 Å². The molecule has 0 atom stereocenters. The van der Waals surface area contributed by atoms with Crippen LogP contribution in [0.1, 0.15) is 272 Å². The second-order valence-electron chi connectivity index (χ2n) is 18.1. The fraction of sp³-hybridized carbons (Fsp3) is 0.942. The Hall–Kier alpha value is -1.63. The number of esters is 3. The van der Waals surface area contributed by atoms with Crippen molar-refractivity contribution in [3.8, 4) is 0 Å². The van der Waals surface area contributed by atoms with Crippen molar-refractivity contribution in [2.24, 2.45) is 11.8 Å². The van der Waals surface area contributed by atoms with E-state index in [4.69, 9.17) is 14.2 Å². The average molecular weight is 836 g/mol. The Morgan fingerprint density at radius 2 is 0.695 bits per heavy atom.